The maximum atomic E-state index is 13.4. The van der Waals surface area contributed by atoms with Gasteiger partial charge in [0.15, 0.2) is 0 Å². The Bertz CT molecular complexity index is 610. The Morgan fingerprint density at radius 3 is 2.58 bits per heavy atom. The zero-order chi connectivity index (χ0) is 18.1. The molecule has 1 N–H and O–H groups in total. The molecule has 7 heteroatoms. The maximum absolute atomic E-state index is 13.4. The first-order valence-corrected chi connectivity index (χ1v) is 8.36. The summed E-state index contributed by atoms with van der Waals surface area (Å²) in [5.41, 5.74) is -0.777. The highest BCUT2D eigenvalue weighted by Crippen LogP contribution is 2.44. The largest absolute Gasteiger partial charge is 0.444 e. The second-order valence-corrected chi connectivity index (χ2v) is 7.92. The average molecular weight is 359 g/mol. The van der Waals surface area contributed by atoms with Gasteiger partial charge in [-0.25, -0.2) is 14.2 Å². The summed E-state index contributed by atoms with van der Waals surface area (Å²) in [6.07, 6.45) is 0.824. The Kier molecular flexibility index (Phi) is 5.40. The monoisotopic (exact) mass is 358 g/mol. The molecule has 0 bridgehead atoms. The minimum Gasteiger partial charge on any atom is -0.444 e. The van der Waals surface area contributed by atoms with Gasteiger partial charge in [0.25, 0.3) is 0 Å². The van der Waals surface area contributed by atoms with Gasteiger partial charge in [-0.2, -0.15) is 0 Å². The van der Waals surface area contributed by atoms with Gasteiger partial charge >= 0.3 is 6.09 Å². The molecule has 5 nitrogen and oxygen atoms in total. The third kappa shape index (κ3) is 4.36. The molecule has 0 saturated carbocycles. The highest BCUT2D eigenvalue weighted by molar-refractivity contribution is 6.30. The molecule has 1 saturated heterocycles. The van der Waals surface area contributed by atoms with Crippen molar-refractivity contribution < 1.29 is 19.0 Å². The summed E-state index contributed by atoms with van der Waals surface area (Å²) in [5, 5.41) is 10.8. The molecule has 1 aromatic rings. The van der Waals surface area contributed by atoms with Crippen LogP contribution >= 0.6 is 11.6 Å². The molecule has 2 rings (SSSR count). The smallest absolute Gasteiger partial charge is 0.410 e. The van der Waals surface area contributed by atoms with Gasteiger partial charge in [-0.15, -0.1) is 0 Å². The number of hydrogen-bond donors (Lipinski definition) is 1. The van der Waals surface area contributed by atoms with E-state index in [-0.39, 0.29) is 16.8 Å². The summed E-state index contributed by atoms with van der Waals surface area (Å²) in [5.74, 6) is -0.539. The molecule has 1 amide bonds. The third-order valence-electron chi connectivity index (χ3n) is 4.34. The molecule has 2 heterocycles. The Labute approximate surface area is 146 Å². The molecular formula is C17H24ClFN2O3. The summed E-state index contributed by atoms with van der Waals surface area (Å²) in [4.78, 5) is 17.5. The van der Waals surface area contributed by atoms with Crippen molar-refractivity contribution in [3.8, 4) is 0 Å². The van der Waals surface area contributed by atoms with Crippen LogP contribution in [0, 0.1) is 11.2 Å². The Morgan fingerprint density at radius 1 is 1.46 bits per heavy atom. The number of amides is 1. The van der Waals surface area contributed by atoms with Crippen molar-refractivity contribution in [3.05, 3.63) is 28.8 Å². The van der Waals surface area contributed by atoms with Crippen LogP contribution in [0.1, 0.15) is 52.2 Å². The van der Waals surface area contributed by atoms with E-state index >= 15 is 0 Å². The first-order valence-electron chi connectivity index (χ1n) is 7.99. The van der Waals surface area contributed by atoms with Crippen molar-refractivity contribution in [3.63, 3.8) is 0 Å². The number of nitrogens with zero attached hydrogens (tertiary/aromatic N) is 2. The number of rotatable bonds is 2. The Balaban J connectivity index is 2.06. The zero-order valence-corrected chi connectivity index (χ0v) is 15.2. The minimum absolute atomic E-state index is 0.0969. The molecule has 1 atom stereocenters. The van der Waals surface area contributed by atoms with Crippen molar-refractivity contribution in [2.75, 3.05) is 13.1 Å². The molecule has 134 valence electrons. The normalized spacial score (nSPS) is 19.0. The van der Waals surface area contributed by atoms with Crippen LogP contribution in [0.5, 0.6) is 0 Å². The summed E-state index contributed by atoms with van der Waals surface area (Å²) < 4.78 is 18.8. The molecule has 1 aliphatic rings. The second-order valence-electron chi connectivity index (χ2n) is 7.56. The fourth-order valence-corrected chi connectivity index (χ4v) is 3.01. The van der Waals surface area contributed by atoms with Crippen LogP contribution in [-0.2, 0) is 4.74 Å². The molecule has 1 unspecified atom stereocenters. The number of hydrogen-bond acceptors (Lipinski definition) is 4. The van der Waals surface area contributed by atoms with Crippen LogP contribution < -0.4 is 0 Å². The lowest BCUT2D eigenvalue weighted by Crippen LogP contribution is -2.46. The van der Waals surface area contributed by atoms with E-state index in [0.717, 1.165) is 6.20 Å². The Hall–Kier alpha value is -1.40. The van der Waals surface area contributed by atoms with E-state index in [0.29, 0.717) is 25.9 Å². The van der Waals surface area contributed by atoms with E-state index in [2.05, 4.69) is 4.98 Å². The summed E-state index contributed by atoms with van der Waals surface area (Å²) in [7, 11) is 0. The lowest BCUT2D eigenvalue weighted by molar-refractivity contribution is -0.0259. The number of aromatic nitrogens is 1. The Morgan fingerprint density at radius 2 is 2.04 bits per heavy atom. The molecule has 0 aliphatic carbocycles. The summed E-state index contributed by atoms with van der Waals surface area (Å²) in [6, 6.07) is 1.21. The number of piperidine rings is 1. The van der Waals surface area contributed by atoms with Crippen LogP contribution in [-0.4, -0.2) is 39.8 Å². The van der Waals surface area contributed by atoms with Gasteiger partial charge in [0.2, 0.25) is 0 Å². The molecule has 0 aromatic carbocycles. The number of pyridine rings is 1. The highest BCUT2D eigenvalue weighted by Gasteiger charge is 2.40. The molecule has 1 aliphatic heterocycles. The molecule has 0 spiro atoms. The predicted molar refractivity (Wildman–Crippen MR) is 89.3 cm³/mol. The van der Waals surface area contributed by atoms with E-state index in [1.165, 1.54) is 6.07 Å². The molecule has 1 aromatic heterocycles. The van der Waals surface area contributed by atoms with Gasteiger partial charge in [0, 0.05) is 24.1 Å². The van der Waals surface area contributed by atoms with Gasteiger partial charge in [-0.05, 0) is 39.7 Å². The molecule has 0 radical (unpaired) electrons. The first-order chi connectivity index (χ1) is 11.0. The number of likely N-dealkylation sites (tertiary alicyclic amines) is 1. The van der Waals surface area contributed by atoms with Crippen LogP contribution in [0.4, 0.5) is 9.18 Å². The third-order valence-corrected chi connectivity index (χ3v) is 4.66. The molecule has 1 fully saturated rings. The topological polar surface area (TPSA) is 62.7 Å². The quantitative estimate of drug-likeness (QED) is 0.813. The lowest BCUT2D eigenvalue weighted by Gasteiger charge is -2.42. The number of carbonyl (C=O) groups is 1. The van der Waals surface area contributed by atoms with Gasteiger partial charge in [0.05, 0.1) is 12.3 Å². The standard InChI is InChI=1S/C17H24ClFN2O3/c1-16(2,3)24-15(23)21-7-5-17(4,6-8-21)13(22)12-9-11(19)10-20-14(12)18/h9-10,13,22H,5-8H2,1-4H3. The number of carbonyl (C=O) groups excluding carboxylic acids is 1. The number of aliphatic hydroxyl groups is 1. The van der Waals surface area contributed by atoms with Crippen LogP contribution in [0.3, 0.4) is 0 Å². The summed E-state index contributed by atoms with van der Waals surface area (Å²) >= 11 is 6.00. The van der Waals surface area contributed by atoms with Crippen LogP contribution in [0.15, 0.2) is 12.3 Å². The first kappa shape index (κ1) is 18.9. The molecule has 24 heavy (non-hydrogen) atoms. The maximum Gasteiger partial charge on any atom is 0.410 e. The fourth-order valence-electron chi connectivity index (χ4n) is 2.81. The van der Waals surface area contributed by atoms with E-state index < -0.39 is 22.9 Å². The van der Waals surface area contributed by atoms with Crippen molar-refractivity contribution >= 4 is 17.7 Å². The van der Waals surface area contributed by atoms with Gasteiger partial charge in [-0.3, -0.25) is 0 Å². The van der Waals surface area contributed by atoms with E-state index in [1.807, 2.05) is 27.7 Å². The van der Waals surface area contributed by atoms with Gasteiger partial charge in [-0.1, -0.05) is 18.5 Å². The number of ether oxygens (including phenoxy) is 1. The van der Waals surface area contributed by atoms with Crippen molar-refractivity contribution in [1.82, 2.24) is 9.88 Å². The van der Waals surface area contributed by atoms with Crippen LogP contribution in [0.2, 0.25) is 5.15 Å². The molecular weight excluding hydrogens is 335 g/mol. The average Bonchev–Trinajstić information content (AvgIpc) is 2.48. The van der Waals surface area contributed by atoms with Gasteiger partial charge in [0.1, 0.15) is 16.6 Å². The zero-order valence-electron chi connectivity index (χ0n) is 14.5. The fraction of sp³-hybridized carbons (Fsp3) is 0.647. The van der Waals surface area contributed by atoms with E-state index in [4.69, 9.17) is 16.3 Å². The number of halogens is 2. The SMILES string of the molecule is CC(C)(C)OC(=O)N1CCC(C)(C(O)c2cc(F)cnc2Cl)CC1. The predicted octanol–water partition coefficient (Wildman–Crippen LogP) is 3.94. The van der Waals surface area contributed by atoms with Gasteiger partial charge < -0.3 is 14.7 Å². The van der Waals surface area contributed by atoms with E-state index in [1.54, 1.807) is 4.90 Å². The van der Waals surface area contributed by atoms with Crippen molar-refractivity contribution in [1.29, 1.82) is 0 Å². The lowest BCUT2D eigenvalue weighted by atomic mass is 9.73. The summed E-state index contributed by atoms with van der Waals surface area (Å²) in [6.45, 7) is 8.29. The second kappa shape index (κ2) is 6.84. The van der Waals surface area contributed by atoms with Crippen molar-refractivity contribution in [2.24, 2.45) is 5.41 Å². The number of aliphatic hydroxyl groups excluding tert-OH is 1. The van der Waals surface area contributed by atoms with Crippen LogP contribution in [0.25, 0.3) is 0 Å². The highest BCUT2D eigenvalue weighted by atomic mass is 35.5. The van der Waals surface area contributed by atoms with E-state index in [9.17, 15) is 14.3 Å². The minimum atomic E-state index is -0.950. The van der Waals surface area contributed by atoms with Crippen molar-refractivity contribution in [2.45, 2.75) is 52.2 Å².